The van der Waals surface area contributed by atoms with Crippen molar-refractivity contribution in [1.29, 1.82) is 0 Å². The lowest BCUT2D eigenvalue weighted by Gasteiger charge is -2.15. The Kier molecular flexibility index (Phi) is 5.29. The molecule has 2 rings (SSSR count). The van der Waals surface area contributed by atoms with Crippen molar-refractivity contribution in [2.45, 2.75) is 6.54 Å². The van der Waals surface area contributed by atoms with Crippen LogP contribution in [0.2, 0.25) is 0 Å². The number of amides is 1. The zero-order valence-electron chi connectivity index (χ0n) is 12.7. The second-order valence-corrected chi connectivity index (χ2v) is 5.81. The van der Waals surface area contributed by atoms with Crippen LogP contribution >= 0.6 is 11.3 Å². The number of esters is 1. The molecule has 2 aromatic rings. The van der Waals surface area contributed by atoms with E-state index < -0.39 is 5.97 Å². The fourth-order valence-corrected chi connectivity index (χ4v) is 2.80. The van der Waals surface area contributed by atoms with Gasteiger partial charge in [0.2, 0.25) is 5.91 Å². The van der Waals surface area contributed by atoms with E-state index >= 15 is 0 Å². The number of nitrogens with one attached hydrogen (secondary N) is 1. The number of aryl methyl sites for hydroxylation is 1. The van der Waals surface area contributed by atoms with Crippen LogP contribution in [0.4, 0.5) is 5.00 Å². The Morgan fingerprint density at radius 3 is 2.91 bits per heavy atom. The molecular formula is C14H18N4O3S. The Bertz CT molecular complexity index is 665. The molecule has 2 aromatic heterocycles. The molecule has 118 valence electrons. The van der Waals surface area contributed by atoms with Crippen LogP contribution in [0.5, 0.6) is 0 Å². The third kappa shape index (κ3) is 4.15. The Hall–Kier alpha value is -2.19. The zero-order chi connectivity index (χ0) is 16.1. The van der Waals surface area contributed by atoms with E-state index in [0.717, 1.165) is 5.56 Å². The number of thiophene rings is 1. The van der Waals surface area contributed by atoms with Gasteiger partial charge < -0.3 is 10.1 Å². The first-order chi connectivity index (χ1) is 10.5. The van der Waals surface area contributed by atoms with E-state index in [2.05, 4.69) is 15.2 Å². The molecule has 0 saturated carbocycles. The highest BCUT2D eigenvalue weighted by Crippen LogP contribution is 2.23. The maximum atomic E-state index is 12.1. The highest BCUT2D eigenvalue weighted by molar-refractivity contribution is 7.14. The summed E-state index contributed by atoms with van der Waals surface area (Å²) in [5.74, 6) is -0.640. The zero-order valence-corrected chi connectivity index (χ0v) is 13.5. The molecule has 0 aliphatic heterocycles. The fraction of sp³-hybridized carbons (Fsp3) is 0.357. The molecule has 1 N–H and O–H groups in total. The lowest BCUT2D eigenvalue weighted by atomic mass is 10.3. The van der Waals surface area contributed by atoms with Crippen molar-refractivity contribution < 1.29 is 14.3 Å². The second kappa shape index (κ2) is 7.19. The number of carbonyl (C=O) groups is 2. The number of methoxy groups -OCH3 is 1. The number of rotatable bonds is 6. The number of likely N-dealkylation sites (N-methyl/N-ethyl adjacent to an activating group) is 1. The van der Waals surface area contributed by atoms with Gasteiger partial charge in [0.25, 0.3) is 0 Å². The van der Waals surface area contributed by atoms with Crippen molar-refractivity contribution in [1.82, 2.24) is 14.7 Å². The Balaban J connectivity index is 1.90. The number of aromatic nitrogens is 2. The third-order valence-corrected chi connectivity index (χ3v) is 3.78. The molecule has 0 aliphatic carbocycles. The first-order valence-electron chi connectivity index (χ1n) is 6.61. The van der Waals surface area contributed by atoms with Crippen LogP contribution in [0.15, 0.2) is 23.8 Å². The minimum absolute atomic E-state index is 0.181. The van der Waals surface area contributed by atoms with Gasteiger partial charge in [0.1, 0.15) is 5.00 Å². The van der Waals surface area contributed by atoms with Gasteiger partial charge in [0.05, 0.1) is 25.4 Å². The first kappa shape index (κ1) is 16.2. The maximum absolute atomic E-state index is 12.1. The van der Waals surface area contributed by atoms with Gasteiger partial charge >= 0.3 is 5.97 Å². The predicted octanol–water partition coefficient (Wildman–Crippen LogP) is 1.34. The van der Waals surface area contributed by atoms with Crippen LogP contribution in [0.25, 0.3) is 0 Å². The largest absolute Gasteiger partial charge is 0.465 e. The highest BCUT2D eigenvalue weighted by Gasteiger charge is 2.16. The lowest BCUT2D eigenvalue weighted by molar-refractivity contribution is -0.117. The molecule has 0 aliphatic rings. The molecule has 7 nitrogen and oxygen atoms in total. The average Bonchev–Trinajstić information content (AvgIpc) is 3.07. The number of nitrogens with zero attached hydrogens (tertiary/aromatic N) is 3. The Morgan fingerprint density at radius 2 is 2.27 bits per heavy atom. The SMILES string of the molecule is COC(=O)c1ccsc1NC(=O)CN(C)Cc1cnn(C)c1. The molecule has 22 heavy (non-hydrogen) atoms. The summed E-state index contributed by atoms with van der Waals surface area (Å²) in [6.07, 6.45) is 3.67. The lowest BCUT2D eigenvalue weighted by Crippen LogP contribution is -2.29. The third-order valence-electron chi connectivity index (χ3n) is 2.95. The Morgan fingerprint density at radius 1 is 1.50 bits per heavy atom. The summed E-state index contributed by atoms with van der Waals surface area (Å²) in [6.45, 7) is 0.836. The molecule has 0 spiro atoms. The van der Waals surface area contributed by atoms with Gasteiger partial charge in [-0.3, -0.25) is 14.4 Å². The van der Waals surface area contributed by atoms with Crippen molar-refractivity contribution in [3.63, 3.8) is 0 Å². The van der Waals surface area contributed by atoms with Gasteiger partial charge in [-0.1, -0.05) is 0 Å². The van der Waals surface area contributed by atoms with Crippen LogP contribution in [0, 0.1) is 0 Å². The molecule has 0 saturated heterocycles. The van der Waals surface area contributed by atoms with Crippen molar-refractivity contribution >= 4 is 28.2 Å². The van der Waals surface area contributed by atoms with E-state index in [-0.39, 0.29) is 12.5 Å². The summed E-state index contributed by atoms with van der Waals surface area (Å²) in [7, 11) is 5.01. The van der Waals surface area contributed by atoms with E-state index in [9.17, 15) is 9.59 Å². The fourth-order valence-electron chi connectivity index (χ4n) is 2.01. The Labute approximate surface area is 132 Å². The summed E-state index contributed by atoms with van der Waals surface area (Å²) in [5.41, 5.74) is 1.40. The minimum atomic E-state index is -0.458. The van der Waals surface area contributed by atoms with Crippen LogP contribution in [-0.2, 0) is 23.1 Å². The molecule has 2 heterocycles. The minimum Gasteiger partial charge on any atom is -0.465 e. The number of hydrogen-bond acceptors (Lipinski definition) is 6. The summed E-state index contributed by atoms with van der Waals surface area (Å²) in [4.78, 5) is 25.5. The van der Waals surface area contributed by atoms with Crippen LogP contribution < -0.4 is 5.32 Å². The van der Waals surface area contributed by atoms with E-state index in [1.165, 1.54) is 18.4 Å². The van der Waals surface area contributed by atoms with Gasteiger partial charge in [0.15, 0.2) is 0 Å². The predicted molar refractivity (Wildman–Crippen MR) is 83.8 cm³/mol. The van der Waals surface area contributed by atoms with Crippen LogP contribution in [0.3, 0.4) is 0 Å². The molecule has 0 atom stereocenters. The van der Waals surface area contributed by atoms with Crippen molar-refractivity contribution in [2.75, 3.05) is 26.0 Å². The summed E-state index contributed by atoms with van der Waals surface area (Å²) < 4.78 is 6.40. The number of hydrogen-bond donors (Lipinski definition) is 1. The van der Waals surface area contributed by atoms with E-state index in [1.807, 2.05) is 25.2 Å². The van der Waals surface area contributed by atoms with Crippen molar-refractivity contribution in [3.05, 3.63) is 35.0 Å². The van der Waals surface area contributed by atoms with Crippen molar-refractivity contribution in [2.24, 2.45) is 7.05 Å². The second-order valence-electron chi connectivity index (χ2n) is 4.90. The van der Waals surface area contributed by atoms with Crippen LogP contribution in [-0.4, -0.2) is 47.3 Å². The van der Waals surface area contributed by atoms with Gasteiger partial charge in [-0.15, -0.1) is 11.3 Å². The monoisotopic (exact) mass is 322 g/mol. The van der Waals surface area contributed by atoms with Crippen molar-refractivity contribution in [3.8, 4) is 0 Å². The van der Waals surface area contributed by atoms with Crippen LogP contribution in [0.1, 0.15) is 15.9 Å². The molecule has 0 unspecified atom stereocenters. The van der Waals surface area contributed by atoms with E-state index in [0.29, 0.717) is 17.1 Å². The number of carbonyl (C=O) groups excluding carboxylic acids is 2. The molecular weight excluding hydrogens is 304 g/mol. The average molecular weight is 322 g/mol. The van der Waals surface area contributed by atoms with Gasteiger partial charge in [-0.05, 0) is 18.5 Å². The summed E-state index contributed by atoms with van der Waals surface area (Å²) in [6, 6.07) is 1.63. The maximum Gasteiger partial charge on any atom is 0.340 e. The summed E-state index contributed by atoms with van der Waals surface area (Å²) >= 11 is 1.29. The standard InChI is InChI=1S/C14H18N4O3S/c1-17(7-10-6-15-18(2)8-10)9-12(19)16-13-11(4-5-22-13)14(20)21-3/h4-6,8H,7,9H2,1-3H3,(H,16,19). The number of ether oxygens (including phenoxy) is 1. The summed E-state index contributed by atoms with van der Waals surface area (Å²) in [5, 5.41) is 9.08. The topological polar surface area (TPSA) is 76.5 Å². The molecule has 0 radical (unpaired) electrons. The number of anilines is 1. The van der Waals surface area contributed by atoms with Gasteiger partial charge in [-0.2, -0.15) is 5.10 Å². The van der Waals surface area contributed by atoms with Gasteiger partial charge in [-0.25, -0.2) is 4.79 Å². The molecule has 1 amide bonds. The van der Waals surface area contributed by atoms with E-state index in [4.69, 9.17) is 0 Å². The first-order valence-corrected chi connectivity index (χ1v) is 7.49. The van der Waals surface area contributed by atoms with Gasteiger partial charge in [0, 0.05) is 25.4 Å². The smallest absolute Gasteiger partial charge is 0.340 e. The molecule has 8 heteroatoms. The highest BCUT2D eigenvalue weighted by atomic mass is 32.1. The normalized spacial score (nSPS) is 10.7. The molecule has 0 fully saturated rings. The molecule has 0 bridgehead atoms. The quantitative estimate of drug-likeness (QED) is 0.812. The van der Waals surface area contributed by atoms with E-state index in [1.54, 1.807) is 22.3 Å². The molecule has 0 aromatic carbocycles.